The largest absolute Gasteiger partial charge is 0.444 e. The predicted molar refractivity (Wildman–Crippen MR) is 71.4 cm³/mol. The van der Waals surface area contributed by atoms with Crippen LogP contribution >= 0.6 is 0 Å². The average Bonchev–Trinajstić information content (AvgIpc) is 2.84. The van der Waals surface area contributed by atoms with Gasteiger partial charge in [0.05, 0.1) is 12.2 Å². The molecular weight excluding hydrogens is 240 g/mol. The Morgan fingerprint density at radius 1 is 1.37 bits per heavy atom. The van der Waals surface area contributed by atoms with Gasteiger partial charge in [-0.2, -0.15) is 5.26 Å². The van der Waals surface area contributed by atoms with Gasteiger partial charge in [-0.25, -0.2) is 4.98 Å². The van der Waals surface area contributed by atoms with Gasteiger partial charge in [0.1, 0.15) is 17.5 Å². The second-order valence-corrected chi connectivity index (χ2v) is 4.66. The van der Waals surface area contributed by atoms with Crippen LogP contribution in [-0.2, 0) is 20.1 Å². The first-order valence-corrected chi connectivity index (χ1v) is 6.22. The van der Waals surface area contributed by atoms with E-state index >= 15 is 0 Å². The molecule has 0 radical (unpaired) electrons. The van der Waals surface area contributed by atoms with Gasteiger partial charge in [0.2, 0.25) is 5.89 Å². The minimum absolute atomic E-state index is 0.588. The number of oxazole rings is 1. The van der Waals surface area contributed by atoms with Crippen LogP contribution in [0.5, 0.6) is 0 Å². The number of nitrogens with one attached hydrogen (secondary N) is 1. The molecule has 19 heavy (non-hydrogen) atoms. The van der Waals surface area contributed by atoms with Crippen LogP contribution in [0.2, 0.25) is 0 Å². The number of nitriles is 1. The van der Waals surface area contributed by atoms with E-state index in [1.54, 1.807) is 0 Å². The molecule has 2 aromatic rings. The van der Waals surface area contributed by atoms with Crippen molar-refractivity contribution in [3.05, 3.63) is 40.4 Å². The molecule has 0 spiro atoms. The van der Waals surface area contributed by atoms with Crippen molar-refractivity contribution in [3.63, 3.8) is 0 Å². The number of aryl methyl sites for hydroxylation is 2. The summed E-state index contributed by atoms with van der Waals surface area (Å²) < 4.78 is 7.40. The van der Waals surface area contributed by atoms with E-state index in [0.717, 1.165) is 22.7 Å². The molecule has 1 N–H and O–H groups in total. The molecule has 5 nitrogen and oxygen atoms in total. The quantitative estimate of drug-likeness (QED) is 0.912. The Kier molecular flexibility index (Phi) is 3.72. The van der Waals surface area contributed by atoms with E-state index in [0.29, 0.717) is 24.7 Å². The molecule has 0 bridgehead atoms. The van der Waals surface area contributed by atoms with Gasteiger partial charge in [-0.1, -0.05) is 0 Å². The Morgan fingerprint density at radius 3 is 2.63 bits per heavy atom. The Morgan fingerprint density at radius 2 is 2.11 bits per heavy atom. The first-order valence-electron chi connectivity index (χ1n) is 6.22. The lowest BCUT2D eigenvalue weighted by molar-refractivity contribution is 0.448. The third-order valence-electron chi connectivity index (χ3n) is 3.42. The molecule has 0 aliphatic heterocycles. The number of nitrogens with zero attached hydrogens (tertiary/aromatic N) is 3. The Balaban J connectivity index is 1.98. The summed E-state index contributed by atoms with van der Waals surface area (Å²) >= 11 is 0. The van der Waals surface area contributed by atoms with Gasteiger partial charge in [-0.3, -0.25) is 0 Å². The third kappa shape index (κ3) is 2.69. The maximum Gasteiger partial charge on any atom is 0.208 e. The topological polar surface area (TPSA) is 66.8 Å². The highest BCUT2D eigenvalue weighted by molar-refractivity contribution is 5.34. The molecule has 5 heteroatoms. The van der Waals surface area contributed by atoms with Crippen LogP contribution in [0.3, 0.4) is 0 Å². The SMILES string of the molecule is Cc1nc(CNCc2cc(C#N)n(C)c2C)oc1C. The van der Waals surface area contributed by atoms with E-state index in [-0.39, 0.29) is 0 Å². The number of aromatic nitrogens is 2. The lowest BCUT2D eigenvalue weighted by Gasteiger charge is -2.03. The molecule has 0 atom stereocenters. The van der Waals surface area contributed by atoms with Crippen LogP contribution in [0.1, 0.15) is 34.3 Å². The first kappa shape index (κ1) is 13.4. The highest BCUT2D eigenvalue weighted by atomic mass is 16.4. The van der Waals surface area contributed by atoms with Crippen molar-refractivity contribution in [2.75, 3.05) is 0 Å². The van der Waals surface area contributed by atoms with Gasteiger partial charge in [0, 0.05) is 19.3 Å². The summed E-state index contributed by atoms with van der Waals surface area (Å²) in [6.45, 7) is 7.14. The molecule has 100 valence electrons. The van der Waals surface area contributed by atoms with E-state index in [2.05, 4.69) is 16.4 Å². The molecule has 0 fully saturated rings. The van der Waals surface area contributed by atoms with Crippen molar-refractivity contribution in [1.29, 1.82) is 5.26 Å². The molecule has 0 saturated carbocycles. The molecule has 0 unspecified atom stereocenters. The molecule has 2 heterocycles. The fraction of sp³-hybridized carbons (Fsp3) is 0.429. The van der Waals surface area contributed by atoms with Crippen molar-refractivity contribution in [3.8, 4) is 6.07 Å². The minimum Gasteiger partial charge on any atom is -0.444 e. The summed E-state index contributed by atoms with van der Waals surface area (Å²) in [4.78, 5) is 4.32. The summed E-state index contributed by atoms with van der Waals surface area (Å²) in [7, 11) is 1.90. The summed E-state index contributed by atoms with van der Waals surface area (Å²) in [5.74, 6) is 1.56. The van der Waals surface area contributed by atoms with Gasteiger partial charge in [-0.15, -0.1) is 0 Å². The molecular formula is C14H18N4O. The normalized spacial score (nSPS) is 10.7. The van der Waals surface area contributed by atoms with Crippen LogP contribution < -0.4 is 5.32 Å². The summed E-state index contributed by atoms with van der Waals surface area (Å²) in [5.41, 5.74) is 3.83. The summed E-state index contributed by atoms with van der Waals surface area (Å²) in [6.07, 6.45) is 0. The van der Waals surface area contributed by atoms with Crippen LogP contribution in [0.15, 0.2) is 10.5 Å². The zero-order valence-corrected chi connectivity index (χ0v) is 11.7. The van der Waals surface area contributed by atoms with Crippen molar-refractivity contribution >= 4 is 0 Å². The molecule has 0 aromatic carbocycles. The second-order valence-electron chi connectivity index (χ2n) is 4.66. The van der Waals surface area contributed by atoms with E-state index in [4.69, 9.17) is 9.68 Å². The minimum atomic E-state index is 0.588. The van der Waals surface area contributed by atoms with Crippen molar-refractivity contribution in [1.82, 2.24) is 14.9 Å². The highest BCUT2D eigenvalue weighted by Gasteiger charge is 2.09. The molecule has 0 aliphatic rings. The summed E-state index contributed by atoms with van der Waals surface area (Å²) in [5, 5.41) is 12.3. The van der Waals surface area contributed by atoms with Crippen LogP contribution in [-0.4, -0.2) is 9.55 Å². The van der Waals surface area contributed by atoms with Gasteiger partial charge in [0.25, 0.3) is 0 Å². The second kappa shape index (κ2) is 5.29. The van der Waals surface area contributed by atoms with Gasteiger partial charge in [-0.05, 0) is 32.4 Å². The monoisotopic (exact) mass is 258 g/mol. The standard InChI is InChI=1S/C14H18N4O/c1-9-11(3)19-14(17-9)8-16-7-12-5-13(6-15)18(4)10(12)2/h5,16H,7-8H2,1-4H3. The van der Waals surface area contributed by atoms with Crippen LogP contribution in [0.25, 0.3) is 0 Å². The third-order valence-corrected chi connectivity index (χ3v) is 3.42. The van der Waals surface area contributed by atoms with Crippen LogP contribution in [0, 0.1) is 32.1 Å². The van der Waals surface area contributed by atoms with Gasteiger partial charge >= 0.3 is 0 Å². The first-order chi connectivity index (χ1) is 9.02. The molecule has 2 rings (SSSR count). The Labute approximate surface area is 112 Å². The zero-order valence-electron chi connectivity index (χ0n) is 11.7. The van der Waals surface area contributed by atoms with Gasteiger partial charge < -0.3 is 14.3 Å². The smallest absolute Gasteiger partial charge is 0.208 e. The summed E-state index contributed by atoms with van der Waals surface area (Å²) in [6, 6.07) is 4.09. The van der Waals surface area contributed by atoms with Crippen LogP contribution in [0.4, 0.5) is 0 Å². The van der Waals surface area contributed by atoms with Crippen molar-refractivity contribution in [2.24, 2.45) is 7.05 Å². The number of hydrogen-bond donors (Lipinski definition) is 1. The van der Waals surface area contributed by atoms with E-state index in [9.17, 15) is 0 Å². The maximum absolute atomic E-state index is 8.98. The van der Waals surface area contributed by atoms with Gasteiger partial charge in [0.15, 0.2) is 0 Å². The highest BCUT2D eigenvalue weighted by Crippen LogP contribution is 2.13. The zero-order chi connectivity index (χ0) is 14.0. The Hall–Kier alpha value is -2.06. The predicted octanol–water partition coefficient (Wildman–Crippen LogP) is 2.10. The fourth-order valence-electron chi connectivity index (χ4n) is 1.97. The molecule has 0 saturated heterocycles. The molecule has 2 aromatic heterocycles. The molecule has 0 amide bonds. The average molecular weight is 258 g/mol. The van der Waals surface area contributed by atoms with E-state index < -0.39 is 0 Å². The van der Waals surface area contributed by atoms with E-state index in [1.165, 1.54) is 0 Å². The molecule has 0 aliphatic carbocycles. The lowest BCUT2D eigenvalue weighted by atomic mass is 10.2. The maximum atomic E-state index is 8.98. The van der Waals surface area contributed by atoms with E-state index in [1.807, 2.05) is 38.5 Å². The lowest BCUT2D eigenvalue weighted by Crippen LogP contribution is -2.13. The number of rotatable bonds is 4. The van der Waals surface area contributed by atoms with Crippen molar-refractivity contribution in [2.45, 2.75) is 33.9 Å². The number of hydrogen-bond acceptors (Lipinski definition) is 4. The Bertz CT molecular complexity index is 611. The van der Waals surface area contributed by atoms with Crippen molar-refractivity contribution < 1.29 is 4.42 Å². The fourth-order valence-corrected chi connectivity index (χ4v) is 1.97.